The third kappa shape index (κ3) is 3.55. The normalized spacial score (nSPS) is 13.9. The van der Waals surface area contributed by atoms with E-state index in [9.17, 15) is 0 Å². The number of nitrogens with zero attached hydrogens (tertiary/aromatic N) is 5. The van der Waals surface area contributed by atoms with Crippen molar-refractivity contribution in [2.45, 2.75) is 19.5 Å². The molecule has 0 fully saturated rings. The minimum Gasteiger partial charge on any atom is -0.493 e. The Kier molecular flexibility index (Phi) is 4.91. The molecular formula is C23H24N6O2. The standard InChI is InChI=1S/C23H24N6O2/c1-30-19-10-16-8-9-28(13-17(16)11-20(19)31-2)14-18-12-25-23(24)29-22(18)26-21(27-29)15-6-4-3-5-7-15/h3-7,10-12H,8-9,13-14H2,1-2H3,(H2,24,25). The Morgan fingerprint density at radius 3 is 2.52 bits per heavy atom. The Balaban J connectivity index is 1.45. The van der Waals surface area contributed by atoms with Gasteiger partial charge < -0.3 is 15.2 Å². The lowest BCUT2D eigenvalue weighted by atomic mass is 9.98. The molecule has 2 aromatic carbocycles. The van der Waals surface area contributed by atoms with E-state index in [1.165, 1.54) is 11.1 Å². The first kappa shape index (κ1) is 19.3. The summed E-state index contributed by atoms with van der Waals surface area (Å²) in [6, 6.07) is 14.0. The van der Waals surface area contributed by atoms with Gasteiger partial charge in [-0.3, -0.25) is 4.90 Å². The van der Waals surface area contributed by atoms with Gasteiger partial charge in [-0.05, 0) is 29.7 Å². The molecule has 8 heteroatoms. The van der Waals surface area contributed by atoms with Gasteiger partial charge in [-0.2, -0.15) is 4.52 Å². The number of hydrogen-bond donors (Lipinski definition) is 1. The van der Waals surface area contributed by atoms with Gasteiger partial charge in [-0.25, -0.2) is 9.97 Å². The van der Waals surface area contributed by atoms with E-state index < -0.39 is 0 Å². The molecule has 0 unspecified atom stereocenters. The number of hydrogen-bond acceptors (Lipinski definition) is 7. The minimum atomic E-state index is 0.328. The highest BCUT2D eigenvalue weighted by Gasteiger charge is 2.21. The summed E-state index contributed by atoms with van der Waals surface area (Å²) in [5.74, 6) is 2.50. The number of fused-ring (bicyclic) bond motifs is 2. The zero-order chi connectivity index (χ0) is 21.4. The first-order valence-electron chi connectivity index (χ1n) is 10.2. The Morgan fingerprint density at radius 1 is 1.03 bits per heavy atom. The van der Waals surface area contributed by atoms with Crippen molar-refractivity contribution in [3.63, 3.8) is 0 Å². The van der Waals surface area contributed by atoms with E-state index in [1.807, 2.05) is 30.3 Å². The number of benzene rings is 2. The Morgan fingerprint density at radius 2 is 1.77 bits per heavy atom. The van der Waals surface area contributed by atoms with Crippen molar-refractivity contribution in [3.8, 4) is 22.9 Å². The first-order chi connectivity index (χ1) is 15.2. The number of aromatic nitrogens is 4. The summed E-state index contributed by atoms with van der Waals surface area (Å²) in [4.78, 5) is 11.5. The second-order valence-corrected chi connectivity index (χ2v) is 7.62. The molecule has 2 aromatic heterocycles. The van der Waals surface area contributed by atoms with Crippen LogP contribution >= 0.6 is 0 Å². The molecule has 1 aliphatic rings. The van der Waals surface area contributed by atoms with E-state index >= 15 is 0 Å². The molecule has 3 heterocycles. The molecule has 0 aliphatic carbocycles. The van der Waals surface area contributed by atoms with Gasteiger partial charge in [-0.15, -0.1) is 5.10 Å². The van der Waals surface area contributed by atoms with Crippen molar-refractivity contribution in [1.82, 2.24) is 24.5 Å². The van der Waals surface area contributed by atoms with Crippen molar-refractivity contribution in [1.29, 1.82) is 0 Å². The number of ether oxygens (including phenoxy) is 2. The lowest BCUT2D eigenvalue weighted by Crippen LogP contribution is -2.30. The van der Waals surface area contributed by atoms with E-state index in [0.29, 0.717) is 18.3 Å². The first-order valence-corrected chi connectivity index (χ1v) is 10.2. The van der Waals surface area contributed by atoms with Crippen LogP contribution in [0, 0.1) is 0 Å². The second kappa shape index (κ2) is 7.88. The lowest BCUT2D eigenvalue weighted by Gasteiger charge is -2.29. The second-order valence-electron chi connectivity index (χ2n) is 7.62. The summed E-state index contributed by atoms with van der Waals surface area (Å²) >= 11 is 0. The summed E-state index contributed by atoms with van der Waals surface area (Å²) in [7, 11) is 3.33. The third-order valence-corrected chi connectivity index (χ3v) is 5.69. The number of rotatable bonds is 5. The molecule has 0 radical (unpaired) electrons. The molecule has 0 saturated heterocycles. The number of anilines is 1. The molecule has 2 N–H and O–H groups in total. The van der Waals surface area contributed by atoms with Crippen molar-refractivity contribution in [2.24, 2.45) is 0 Å². The molecule has 5 rings (SSSR count). The van der Waals surface area contributed by atoms with Crippen molar-refractivity contribution < 1.29 is 9.47 Å². The zero-order valence-electron chi connectivity index (χ0n) is 17.6. The van der Waals surface area contributed by atoms with Gasteiger partial charge in [0.2, 0.25) is 5.95 Å². The molecule has 0 amide bonds. The van der Waals surface area contributed by atoms with Gasteiger partial charge in [0.05, 0.1) is 14.2 Å². The van der Waals surface area contributed by atoms with E-state index in [-0.39, 0.29) is 0 Å². The summed E-state index contributed by atoms with van der Waals surface area (Å²) < 4.78 is 12.6. The van der Waals surface area contributed by atoms with Gasteiger partial charge in [0.1, 0.15) is 0 Å². The van der Waals surface area contributed by atoms with Crippen LogP contribution in [0.3, 0.4) is 0 Å². The van der Waals surface area contributed by atoms with Crippen molar-refractivity contribution in [2.75, 3.05) is 26.5 Å². The molecule has 8 nitrogen and oxygen atoms in total. The fraction of sp³-hybridized carbons (Fsp3) is 0.261. The Hall–Kier alpha value is -3.65. The average Bonchev–Trinajstić information content (AvgIpc) is 3.27. The molecule has 158 valence electrons. The molecule has 0 atom stereocenters. The molecule has 1 aliphatic heterocycles. The topological polar surface area (TPSA) is 90.8 Å². The molecule has 4 aromatic rings. The molecule has 31 heavy (non-hydrogen) atoms. The smallest absolute Gasteiger partial charge is 0.223 e. The average molecular weight is 416 g/mol. The molecule has 0 spiro atoms. The SMILES string of the molecule is COc1cc2c(cc1OC)CN(Cc1cnc(N)n3nc(-c4ccccc4)nc13)CC2. The summed E-state index contributed by atoms with van der Waals surface area (Å²) in [6.45, 7) is 2.45. The highest BCUT2D eigenvalue weighted by atomic mass is 16.5. The zero-order valence-corrected chi connectivity index (χ0v) is 17.6. The maximum Gasteiger partial charge on any atom is 0.223 e. The predicted octanol–water partition coefficient (Wildman–Crippen LogP) is 2.95. The van der Waals surface area contributed by atoms with Crippen LogP contribution in [-0.4, -0.2) is 45.2 Å². The molecule has 0 saturated carbocycles. The van der Waals surface area contributed by atoms with Gasteiger partial charge >= 0.3 is 0 Å². The highest BCUT2D eigenvalue weighted by molar-refractivity contribution is 5.61. The number of nitrogens with two attached hydrogens (primary N) is 1. The lowest BCUT2D eigenvalue weighted by molar-refractivity contribution is 0.244. The van der Waals surface area contributed by atoms with Crippen LogP contribution in [0.25, 0.3) is 17.0 Å². The highest BCUT2D eigenvalue weighted by Crippen LogP contribution is 2.33. The van der Waals surface area contributed by atoms with Crippen LogP contribution in [0.2, 0.25) is 0 Å². The Labute approximate surface area is 180 Å². The maximum absolute atomic E-state index is 6.08. The third-order valence-electron chi connectivity index (χ3n) is 5.69. The molecule has 0 bridgehead atoms. The van der Waals surface area contributed by atoms with E-state index in [0.717, 1.165) is 47.8 Å². The van der Waals surface area contributed by atoms with Crippen LogP contribution in [0.15, 0.2) is 48.7 Å². The van der Waals surface area contributed by atoms with Crippen LogP contribution in [-0.2, 0) is 19.5 Å². The number of methoxy groups -OCH3 is 2. The summed E-state index contributed by atoms with van der Waals surface area (Å²) in [5, 5.41) is 4.58. The summed E-state index contributed by atoms with van der Waals surface area (Å²) in [5.41, 5.74) is 11.3. The summed E-state index contributed by atoms with van der Waals surface area (Å²) in [6.07, 6.45) is 2.74. The van der Waals surface area contributed by atoms with Gasteiger partial charge in [0.25, 0.3) is 0 Å². The van der Waals surface area contributed by atoms with E-state index in [2.05, 4.69) is 27.1 Å². The minimum absolute atomic E-state index is 0.328. The predicted molar refractivity (Wildman–Crippen MR) is 118 cm³/mol. The van der Waals surface area contributed by atoms with Crippen molar-refractivity contribution >= 4 is 11.6 Å². The van der Waals surface area contributed by atoms with Crippen LogP contribution in [0.1, 0.15) is 16.7 Å². The number of nitrogen functional groups attached to an aromatic ring is 1. The van der Waals surface area contributed by atoms with Crippen molar-refractivity contribution in [3.05, 3.63) is 65.4 Å². The van der Waals surface area contributed by atoms with Crippen LogP contribution < -0.4 is 15.2 Å². The van der Waals surface area contributed by atoms with Crippen LogP contribution in [0.5, 0.6) is 11.5 Å². The maximum atomic E-state index is 6.08. The van der Waals surface area contributed by atoms with Gasteiger partial charge in [-0.1, -0.05) is 30.3 Å². The Bertz CT molecular complexity index is 1240. The van der Waals surface area contributed by atoms with E-state index in [1.54, 1.807) is 24.9 Å². The van der Waals surface area contributed by atoms with Crippen LogP contribution in [0.4, 0.5) is 5.95 Å². The fourth-order valence-corrected chi connectivity index (χ4v) is 4.07. The molecular weight excluding hydrogens is 392 g/mol. The van der Waals surface area contributed by atoms with E-state index in [4.69, 9.17) is 20.2 Å². The van der Waals surface area contributed by atoms with Gasteiger partial charge in [0, 0.05) is 37.0 Å². The van der Waals surface area contributed by atoms with Gasteiger partial charge in [0.15, 0.2) is 23.0 Å². The largest absolute Gasteiger partial charge is 0.493 e. The monoisotopic (exact) mass is 416 g/mol. The fourth-order valence-electron chi connectivity index (χ4n) is 4.07. The quantitative estimate of drug-likeness (QED) is 0.535.